The summed E-state index contributed by atoms with van der Waals surface area (Å²) in [6.07, 6.45) is 0. The van der Waals surface area contributed by atoms with Crippen molar-refractivity contribution in [2.45, 2.75) is 13.5 Å². The lowest BCUT2D eigenvalue weighted by Gasteiger charge is -2.09. The van der Waals surface area contributed by atoms with E-state index < -0.39 is 5.97 Å². The van der Waals surface area contributed by atoms with Crippen LogP contribution in [0.1, 0.15) is 20.9 Å². The lowest BCUT2D eigenvalue weighted by molar-refractivity contribution is 0.0701. The molecule has 0 amide bonds. The predicted octanol–water partition coefficient (Wildman–Crippen LogP) is 5.70. The molecule has 3 rings (SSSR count). The number of carbonyl (C=O) groups is 1. The number of aromatic nitrogens is 1. The average molecular weight is 394 g/mol. The highest BCUT2D eigenvalue weighted by molar-refractivity contribution is 7.17. The molecule has 2 aromatic carbocycles. The van der Waals surface area contributed by atoms with Crippen molar-refractivity contribution < 1.29 is 14.6 Å². The molecule has 1 aromatic heterocycles. The van der Waals surface area contributed by atoms with Gasteiger partial charge in [-0.15, -0.1) is 11.3 Å². The van der Waals surface area contributed by atoms with Crippen LogP contribution in [0.15, 0.2) is 42.5 Å². The third-order valence-corrected chi connectivity index (χ3v) is 5.22. The molecule has 0 unspecified atom stereocenters. The fourth-order valence-corrected chi connectivity index (χ4v) is 3.46. The lowest BCUT2D eigenvalue weighted by atomic mass is 10.1. The second kappa shape index (κ2) is 7.44. The molecule has 0 aliphatic heterocycles. The van der Waals surface area contributed by atoms with Gasteiger partial charge in [-0.2, -0.15) is 0 Å². The van der Waals surface area contributed by atoms with Crippen LogP contribution < -0.4 is 4.74 Å². The van der Waals surface area contributed by atoms with E-state index in [4.69, 9.17) is 33.0 Å². The van der Waals surface area contributed by atoms with Crippen molar-refractivity contribution in [3.63, 3.8) is 0 Å². The van der Waals surface area contributed by atoms with Crippen molar-refractivity contribution >= 4 is 40.5 Å². The summed E-state index contributed by atoms with van der Waals surface area (Å²) >= 11 is 13.2. The standard InChI is InChI=1S/C18H13Cl2NO3S/c1-10-16(18(22)23)25-17(21-10)12-4-2-11(3-5-12)9-24-15-8-13(19)6-7-14(15)20/h2-8H,9H2,1H3,(H,22,23). The van der Waals surface area contributed by atoms with Gasteiger partial charge in [-0.3, -0.25) is 0 Å². The van der Waals surface area contributed by atoms with Gasteiger partial charge >= 0.3 is 5.97 Å². The SMILES string of the molecule is Cc1nc(-c2ccc(COc3cc(Cl)ccc3Cl)cc2)sc1C(=O)O. The first-order valence-corrected chi connectivity index (χ1v) is 8.89. The zero-order valence-corrected chi connectivity index (χ0v) is 15.5. The van der Waals surface area contributed by atoms with E-state index in [1.54, 1.807) is 25.1 Å². The van der Waals surface area contributed by atoms with Crippen LogP contribution in [0.25, 0.3) is 10.6 Å². The molecule has 0 bridgehead atoms. The first kappa shape index (κ1) is 17.7. The fraction of sp³-hybridized carbons (Fsp3) is 0.111. The van der Waals surface area contributed by atoms with Crippen LogP contribution in [0.4, 0.5) is 0 Å². The number of hydrogen-bond donors (Lipinski definition) is 1. The van der Waals surface area contributed by atoms with Gasteiger partial charge in [0.05, 0.1) is 10.7 Å². The van der Waals surface area contributed by atoms with Gasteiger partial charge in [0.1, 0.15) is 22.2 Å². The van der Waals surface area contributed by atoms with Gasteiger partial charge in [0, 0.05) is 16.7 Å². The Kier molecular flexibility index (Phi) is 5.27. The normalized spacial score (nSPS) is 10.7. The molecule has 4 nitrogen and oxygen atoms in total. The summed E-state index contributed by atoms with van der Waals surface area (Å²) in [5.41, 5.74) is 2.34. The molecule has 1 N–H and O–H groups in total. The zero-order valence-electron chi connectivity index (χ0n) is 13.1. The summed E-state index contributed by atoms with van der Waals surface area (Å²) in [5, 5.41) is 10.9. The molecule has 0 spiro atoms. The Hall–Kier alpha value is -2.08. The molecule has 25 heavy (non-hydrogen) atoms. The number of carboxylic acid groups (broad SMARTS) is 1. The van der Waals surface area contributed by atoms with Crippen LogP contribution in [0.2, 0.25) is 10.0 Å². The maximum absolute atomic E-state index is 11.1. The summed E-state index contributed by atoms with van der Waals surface area (Å²) in [4.78, 5) is 15.7. The van der Waals surface area contributed by atoms with Crippen molar-refractivity contribution in [2.24, 2.45) is 0 Å². The maximum Gasteiger partial charge on any atom is 0.347 e. The summed E-state index contributed by atoms with van der Waals surface area (Å²) in [6, 6.07) is 12.7. The van der Waals surface area contributed by atoms with E-state index >= 15 is 0 Å². The molecule has 7 heteroatoms. The number of nitrogens with zero attached hydrogens (tertiary/aromatic N) is 1. The van der Waals surface area contributed by atoms with E-state index in [0.717, 1.165) is 11.1 Å². The highest BCUT2D eigenvalue weighted by atomic mass is 35.5. The van der Waals surface area contributed by atoms with Crippen molar-refractivity contribution in [1.29, 1.82) is 0 Å². The fourth-order valence-electron chi connectivity index (χ4n) is 2.21. The number of carboxylic acids is 1. The number of hydrogen-bond acceptors (Lipinski definition) is 4. The highest BCUT2D eigenvalue weighted by Crippen LogP contribution is 2.30. The number of rotatable bonds is 5. The first-order valence-electron chi connectivity index (χ1n) is 7.32. The average Bonchev–Trinajstić information content (AvgIpc) is 2.98. The van der Waals surface area contributed by atoms with Crippen LogP contribution in [0, 0.1) is 6.92 Å². The van der Waals surface area contributed by atoms with E-state index in [0.29, 0.717) is 33.1 Å². The molecule has 3 aromatic rings. The number of aromatic carboxylic acids is 1. The van der Waals surface area contributed by atoms with Crippen LogP contribution in [0.5, 0.6) is 5.75 Å². The quantitative estimate of drug-likeness (QED) is 0.603. The van der Waals surface area contributed by atoms with Crippen molar-refractivity contribution in [3.05, 3.63) is 68.6 Å². The van der Waals surface area contributed by atoms with E-state index in [-0.39, 0.29) is 4.88 Å². The minimum Gasteiger partial charge on any atom is -0.487 e. The van der Waals surface area contributed by atoms with Crippen molar-refractivity contribution in [1.82, 2.24) is 4.98 Å². The summed E-state index contributed by atoms with van der Waals surface area (Å²) in [7, 11) is 0. The second-order valence-corrected chi connectivity index (χ2v) is 7.14. The van der Waals surface area contributed by atoms with E-state index in [1.807, 2.05) is 24.3 Å². The number of thiazole rings is 1. The Balaban J connectivity index is 1.73. The minimum absolute atomic E-state index is 0.262. The molecule has 0 aliphatic rings. The molecular formula is C18H13Cl2NO3S. The van der Waals surface area contributed by atoms with Crippen molar-refractivity contribution in [2.75, 3.05) is 0 Å². The Labute approximate surface area is 158 Å². The molecule has 1 heterocycles. The molecule has 0 saturated carbocycles. The summed E-state index contributed by atoms with van der Waals surface area (Å²) in [6.45, 7) is 2.04. The molecule has 0 aliphatic carbocycles. The first-order chi connectivity index (χ1) is 11.9. The van der Waals surface area contributed by atoms with Gasteiger partial charge in [-0.25, -0.2) is 9.78 Å². The van der Waals surface area contributed by atoms with Crippen molar-refractivity contribution in [3.8, 4) is 16.3 Å². The minimum atomic E-state index is -0.954. The van der Waals surface area contributed by atoms with Gasteiger partial charge in [0.2, 0.25) is 0 Å². The summed E-state index contributed by atoms with van der Waals surface area (Å²) in [5.74, 6) is -0.426. The molecule has 0 atom stereocenters. The Morgan fingerprint density at radius 3 is 2.56 bits per heavy atom. The number of benzene rings is 2. The van der Waals surface area contributed by atoms with Crippen LogP contribution in [0.3, 0.4) is 0 Å². The van der Waals surface area contributed by atoms with E-state index in [2.05, 4.69) is 4.98 Å². The maximum atomic E-state index is 11.1. The largest absolute Gasteiger partial charge is 0.487 e. The second-order valence-electron chi connectivity index (χ2n) is 5.30. The van der Waals surface area contributed by atoms with Gasteiger partial charge in [-0.05, 0) is 24.6 Å². The molecule has 128 valence electrons. The van der Waals surface area contributed by atoms with Crippen LogP contribution in [-0.2, 0) is 6.61 Å². The van der Waals surface area contributed by atoms with E-state index in [1.165, 1.54) is 11.3 Å². The third-order valence-electron chi connectivity index (χ3n) is 3.48. The lowest BCUT2D eigenvalue weighted by Crippen LogP contribution is -1.96. The highest BCUT2D eigenvalue weighted by Gasteiger charge is 2.15. The summed E-state index contributed by atoms with van der Waals surface area (Å²) < 4.78 is 5.70. The van der Waals surface area contributed by atoms with Crippen LogP contribution >= 0.6 is 34.5 Å². The van der Waals surface area contributed by atoms with E-state index in [9.17, 15) is 4.79 Å². The van der Waals surface area contributed by atoms with Gasteiger partial charge in [0.15, 0.2) is 0 Å². The third kappa shape index (κ3) is 4.12. The zero-order chi connectivity index (χ0) is 18.0. The van der Waals surface area contributed by atoms with Crippen LogP contribution in [-0.4, -0.2) is 16.1 Å². The molecule has 0 radical (unpaired) electrons. The topological polar surface area (TPSA) is 59.4 Å². The Morgan fingerprint density at radius 1 is 1.20 bits per heavy atom. The predicted molar refractivity (Wildman–Crippen MR) is 100 cm³/mol. The van der Waals surface area contributed by atoms with Gasteiger partial charge in [0.25, 0.3) is 0 Å². The Bertz CT molecular complexity index is 923. The Morgan fingerprint density at radius 2 is 1.92 bits per heavy atom. The monoisotopic (exact) mass is 393 g/mol. The van der Waals surface area contributed by atoms with Gasteiger partial charge in [-0.1, -0.05) is 47.5 Å². The molecule has 0 fully saturated rings. The molecular weight excluding hydrogens is 381 g/mol. The molecule has 0 saturated heterocycles. The number of halogens is 2. The number of ether oxygens (including phenoxy) is 1. The van der Waals surface area contributed by atoms with Gasteiger partial charge < -0.3 is 9.84 Å². The number of aryl methyl sites for hydroxylation is 1. The smallest absolute Gasteiger partial charge is 0.347 e.